The second-order valence-corrected chi connectivity index (χ2v) is 6.47. The Labute approximate surface area is 155 Å². The quantitative estimate of drug-likeness (QED) is 0.674. The highest BCUT2D eigenvalue weighted by molar-refractivity contribution is 7.13. The summed E-state index contributed by atoms with van der Waals surface area (Å²) in [6.07, 6.45) is 0.639. The Morgan fingerprint density at radius 1 is 1.15 bits per heavy atom. The second kappa shape index (κ2) is 8.58. The molecular formula is C20H19FN2O2S. The molecule has 0 fully saturated rings. The minimum absolute atomic E-state index is 0.123. The topological polar surface area (TPSA) is 51.2 Å². The molecule has 0 aliphatic rings. The van der Waals surface area contributed by atoms with Crippen LogP contribution in [0.1, 0.15) is 23.0 Å². The first-order valence-electron chi connectivity index (χ1n) is 8.37. The SMILES string of the molecule is CCOc1ccc(C(=O)NCCc2csc(-c3ccc(F)cc3)n2)cc1. The summed E-state index contributed by atoms with van der Waals surface area (Å²) in [6, 6.07) is 13.3. The lowest BCUT2D eigenvalue weighted by molar-refractivity contribution is 0.0954. The first kappa shape index (κ1) is 18.1. The molecule has 1 heterocycles. The van der Waals surface area contributed by atoms with Crippen LogP contribution in [0, 0.1) is 5.82 Å². The number of thiazole rings is 1. The van der Waals surface area contributed by atoms with Crippen LogP contribution >= 0.6 is 11.3 Å². The van der Waals surface area contributed by atoms with Crippen LogP contribution in [-0.2, 0) is 6.42 Å². The molecule has 134 valence electrons. The maximum absolute atomic E-state index is 13.0. The lowest BCUT2D eigenvalue weighted by atomic mass is 10.2. The standard InChI is InChI=1S/C20H19FN2O2S/c1-2-25-18-9-5-14(6-10-18)19(24)22-12-11-17-13-26-20(23-17)15-3-7-16(21)8-4-15/h3-10,13H,2,11-12H2,1H3,(H,22,24). The predicted molar refractivity (Wildman–Crippen MR) is 101 cm³/mol. The lowest BCUT2D eigenvalue weighted by Crippen LogP contribution is -2.25. The van der Waals surface area contributed by atoms with Crippen molar-refractivity contribution in [2.24, 2.45) is 0 Å². The van der Waals surface area contributed by atoms with Crippen LogP contribution in [0.3, 0.4) is 0 Å². The van der Waals surface area contributed by atoms with Gasteiger partial charge in [0.1, 0.15) is 16.6 Å². The summed E-state index contributed by atoms with van der Waals surface area (Å²) in [5.41, 5.74) is 2.39. The van der Waals surface area contributed by atoms with E-state index in [4.69, 9.17) is 4.74 Å². The van der Waals surface area contributed by atoms with Crippen molar-refractivity contribution >= 4 is 17.2 Å². The Morgan fingerprint density at radius 2 is 1.88 bits per heavy atom. The van der Waals surface area contributed by atoms with E-state index in [0.29, 0.717) is 25.1 Å². The number of hydrogen-bond acceptors (Lipinski definition) is 4. The number of rotatable bonds is 7. The van der Waals surface area contributed by atoms with E-state index in [-0.39, 0.29) is 11.7 Å². The zero-order valence-corrected chi connectivity index (χ0v) is 15.2. The third kappa shape index (κ3) is 4.67. The van der Waals surface area contributed by atoms with E-state index >= 15 is 0 Å². The molecule has 4 nitrogen and oxygen atoms in total. The highest BCUT2D eigenvalue weighted by Crippen LogP contribution is 2.24. The highest BCUT2D eigenvalue weighted by atomic mass is 32.1. The van der Waals surface area contributed by atoms with Crippen LogP contribution in [0.2, 0.25) is 0 Å². The Bertz CT molecular complexity index is 860. The van der Waals surface area contributed by atoms with Crippen molar-refractivity contribution in [3.63, 3.8) is 0 Å². The van der Waals surface area contributed by atoms with Gasteiger partial charge in [-0.15, -0.1) is 11.3 Å². The van der Waals surface area contributed by atoms with Gasteiger partial charge in [-0.25, -0.2) is 9.37 Å². The Hall–Kier alpha value is -2.73. The van der Waals surface area contributed by atoms with Gasteiger partial charge in [0, 0.05) is 29.5 Å². The lowest BCUT2D eigenvalue weighted by Gasteiger charge is -2.06. The number of hydrogen-bond donors (Lipinski definition) is 1. The predicted octanol–water partition coefficient (Wildman–Crippen LogP) is 4.32. The molecule has 0 bridgehead atoms. The van der Waals surface area contributed by atoms with Crippen molar-refractivity contribution in [2.75, 3.05) is 13.2 Å². The first-order chi connectivity index (χ1) is 12.7. The summed E-state index contributed by atoms with van der Waals surface area (Å²) < 4.78 is 18.4. The van der Waals surface area contributed by atoms with Gasteiger partial charge in [-0.3, -0.25) is 4.79 Å². The van der Waals surface area contributed by atoms with Crippen molar-refractivity contribution < 1.29 is 13.9 Å². The minimum Gasteiger partial charge on any atom is -0.494 e. The van der Waals surface area contributed by atoms with Crippen molar-refractivity contribution in [2.45, 2.75) is 13.3 Å². The molecule has 3 aromatic rings. The molecular weight excluding hydrogens is 351 g/mol. The maximum atomic E-state index is 13.0. The van der Waals surface area contributed by atoms with Gasteiger partial charge in [0.05, 0.1) is 12.3 Å². The third-order valence-corrected chi connectivity index (χ3v) is 4.68. The highest BCUT2D eigenvalue weighted by Gasteiger charge is 2.08. The van der Waals surface area contributed by atoms with Gasteiger partial charge in [0.2, 0.25) is 0 Å². The molecule has 0 spiro atoms. The molecule has 6 heteroatoms. The second-order valence-electron chi connectivity index (χ2n) is 5.61. The molecule has 1 aromatic heterocycles. The number of halogens is 1. The van der Waals surface area contributed by atoms with Crippen molar-refractivity contribution in [3.8, 4) is 16.3 Å². The smallest absolute Gasteiger partial charge is 0.251 e. The fraction of sp³-hybridized carbons (Fsp3) is 0.200. The Morgan fingerprint density at radius 3 is 2.58 bits per heavy atom. The van der Waals surface area contributed by atoms with Crippen LogP contribution in [0.15, 0.2) is 53.9 Å². The molecule has 0 saturated heterocycles. The zero-order valence-electron chi connectivity index (χ0n) is 14.4. The van der Waals surface area contributed by atoms with E-state index in [1.165, 1.54) is 23.5 Å². The van der Waals surface area contributed by atoms with Gasteiger partial charge >= 0.3 is 0 Å². The summed E-state index contributed by atoms with van der Waals surface area (Å²) in [4.78, 5) is 16.7. The molecule has 2 aromatic carbocycles. The van der Waals surface area contributed by atoms with E-state index < -0.39 is 0 Å². The molecule has 26 heavy (non-hydrogen) atoms. The number of aromatic nitrogens is 1. The number of nitrogens with one attached hydrogen (secondary N) is 1. The van der Waals surface area contributed by atoms with Crippen LogP contribution in [0.25, 0.3) is 10.6 Å². The first-order valence-corrected chi connectivity index (χ1v) is 9.25. The van der Waals surface area contributed by atoms with E-state index in [2.05, 4.69) is 10.3 Å². The van der Waals surface area contributed by atoms with Gasteiger partial charge < -0.3 is 10.1 Å². The number of carbonyl (C=O) groups is 1. The van der Waals surface area contributed by atoms with Gasteiger partial charge in [-0.2, -0.15) is 0 Å². The van der Waals surface area contributed by atoms with Gasteiger partial charge in [-0.1, -0.05) is 0 Å². The molecule has 0 saturated carbocycles. The van der Waals surface area contributed by atoms with Gasteiger partial charge in [0.15, 0.2) is 0 Å². The Balaban J connectivity index is 1.51. The number of amides is 1. The molecule has 3 rings (SSSR count). The average molecular weight is 370 g/mol. The monoisotopic (exact) mass is 370 g/mol. The zero-order chi connectivity index (χ0) is 18.4. The van der Waals surface area contributed by atoms with Crippen LogP contribution in [0.5, 0.6) is 5.75 Å². The summed E-state index contributed by atoms with van der Waals surface area (Å²) in [7, 11) is 0. The summed E-state index contributed by atoms with van der Waals surface area (Å²) in [5, 5.41) is 5.70. The van der Waals surface area contributed by atoms with E-state index in [1.807, 2.05) is 12.3 Å². The van der Waals surface area contributed by atoms with Crippen LogP contribution < -0.4 is 10.1 Å². The Kier molecular flexibility index (Phi) is 5.96. The number of benzene rings is 2. The van der Waals surface area contributed by atoms with Crippen molar-refractivity contribution in [1.29, 1.82) is 0 Å². The molecule has 0 aliphatic heterocycles. The van der Waals surface area contributed by atoms with Crippen molar-refractivity contribution in [1.82, 2.24) is 10.3 Å². The van der Waals surface area contributed by atoms with Crippen LogP contribution in [0.4, 0.5) is 4.39 Å². The summed E-state index contributed by atoms with van der Waals surface area (Å²) in [5.74, 6) is 0.365. The van der Waals surface area contributed by atoms with E-state index in [9.17, 15) is 9.18 Å². The molecule has 0 unspecified atom stereocenters. The van der Waals surface area contributed by atoms with Gasteiger partial charge in [0.25, 0.3) is 5.91 Å². The molecule has 1 N–H and O–H groups in total. The van der Waals surface area contributed by atoms with E-state index in [0.717, 1.165) is 22.0 Å². The van der Waals surface area contributed by atoms with Crippen molar-refractivity contribution in [3.05, 3.63) is 71.0 Å². The summed E-state index contributed by atoms with van der Waals surface area (Å²) >= 11 is 1.51. The molecule has 0 radical (unpaired) electrons. The minimum atomic E-state index is -0.262. The third-order valence-electron chi connectivity index (χ3n) is 3.74. The normalized spacial score (nSPS) is 10.5. The van der Waals surface area contributed by atoms with Crippen LogP contribution in [-0.4, -0.2) is 24.0 Å². The summed E-state index contributed by atoms with van der Waals surface area (Å²) in [6.45, 7) is 3.01. The molecule has 0 aliphatic carbocycles. The average Bonchev–Trinajstić information content (AvgIpc) is 3.12. The molecule has 1 amide bonds. The van der Waals surface area contributed by atoms with Gasteiger partial charge in [-0.05, 0) is 55.5 Å². The largest absolute Gasteiger partial charge is 0.494 e. The fourth-order valence-electron chi connectivity index (χ4n) is 2.42. The number of ether oxygens (including phenoxy) is 1. The number of nitrogens with zero attached hydrogens (tertiary/aromatic N) is 1. The van der Waals surface area contributed by atoms with E-state index in [1.54, 1.807) is 36.4 Å². The maximum Gasteiger partial charge on any atom is 0.251 e. The fourth-order valence-corrected chi connectivity index (χ4v) is 3.28. The number of carbonyl (C=O) groups excluding carboxylic acids is 1. The molecule has 0 atom stereocenters.